The highest BCUT2D eigenvalue weighted by molar-refractivity contribution is 5.64. The zero-order chi connectivity index (χ0) is 23.4. The summed E-state index contributed by atoms with van der Waals surface area (Å²) in [5.41, 5.74) is 4.50. The molecular weight excluding hydrogens is 422 g/mol. The van der Waals surface area contributed by atoms with Crippen LogP contribution in [0.4, 0.5) is 0 Å². The average Bonchev–Trinajstić information content (AvgIpc) is 3.55. The van der Waals surface area contributed by atoms with Gasteiger partial charge in [-0.1, -0.05) is 24.9 Å². The Labute approximate surface area is 193 Å². The summed E-state index contributed by atoms with van der Waals surface area (Å²) in [6, 6.07) is 7.76. The SMILES string of the molecule is CCc1cc(-c2noc(-c3cc(OC)nc(C4CCCC4)c3)n2)cc(C)c1OC[C@@H](O)CO. The molecule has 3 aromatic rings. The van der Waals surface area contributed by atoms with Crippen molar-refractivity contribution in [3.63, 3.8) is 0 Å². The summed E-state index contributed by atoms with van der Waals surface area (Å²) in [7, 11) is 1.61. The van der Waals surface area contributed by atoms with E-state index in [0.717, 1.165) is 47.2 Å². The minimum absolute atomic E-state index is 0.0310. The molecule has 1 aliphatic rings. The number of aliphatic hydroxyl groups is 2. The number of aromatic nitrogens is 3. The third-order valence-electron chi connectivity index (χ3n) is 6.10. The van der Waals surface area contributed by atoms with E-state index in [1.54, 1.807) is 7.11 Å². The number of hydrogen-bond acceptors (Lipinski definition) is 8. The van der Waals surface area contributed by atoms with E-state index in [-0.39, 0.29) is 13.2 Å². The van der Waals surface area contributed by atoms with Crippen LogP contribution in [-0.4, -0.2) is 51.8 Å². The molecule has 2 heterocycles. The smallest absolute Gasteiger partial charge is 0.258 e. The summed E-state index contributed by atoms with van der Waals surface area (Å²) in [6.45, 7) is 3.66. The molecule has 1 aromatic carbocycles. The highest BCUT2D eigenvalue weighted by Crippen LogP contribution is 2.36. The van der Waals surface area contributed by atoms with Crippen molar-refractivity contribution in [1.82, 2.24) is 15.1 Å². The van der Waals surface area contributed by atoms with Crippen molar-refractivity contribution in [2.24, 2.45) is 0 Å². The van der Waals surface area contributed by atoms with E-state index in [1.807, 2.05) is 38.1 Å². The molecule has 2 N–H and O–H groups in total. The molecule has 33 heavy (non-hydrogen) atoms. The predicted molar refractivity (Wildman–Crippen MR) is 123 cm³/mol. The van der Waals surface area contributed by atoms with Crippen LogP contribution in [0.2, 0.25) is 0 Å². The molecule has 8 nitrogen and oxygen atoms in total. The number of aryl methyl sites for hydroxylation is 2. The van der Waals surface area contributed by atoms with Gasteiger partial charge in [0.1, 0.15) is 18.5 Å². The zero-order valence-electron chi connectivity index (χ0n) is 19.4. The Kier molecular flexibility index (Phi) is 7.25. The van der Waals surface area contributed by atoms with Crippen molar-refractivity contribution in [2.45, 2.75) is 58.0 Å². The summed E-state index contributed by atoms with van der Waals surface area (Å²) >= 11 is 0. The maximum Gasteiger partial charge on any atom is 0.258 e. The average molecular weight is 454 g/mol. The Morgan fingerprint density at radius 2 is 1.91 bits per heavy atom. The number of nitrogens with zero attached hydrogens (tertiary/aromatic N) is 3. The molecule has 0 bridgehead atoms. The van der Waals surface area contributed by atoms with Crippen molar-refractivity contribution in [1.29, 1.82) is 0 Å². The van der Waals surface area contributed by atoms with Crippen molar-refractivity contribution in [3.05, 3.63) is 41.1 Å². The van der Waals surface area contributed by atoms with E-state index in [9.17, 15) is 5.11 Å². The molecule has 2 aromatic heterocycles. The molecule has 0 amide bonds. The standard InChI is InChI=1S/C25H31N3O5/c1-4-16-10-18(9-15(2)23(16)32-14-20(30)13-29)24-27-25(33-28-24)19-11-21(17-7-5-6-8-17)26-22(12-19)31-3/h9-12,17,20,29-30H,4-8,13-14H2,1-3H3/t20-/m0/s1. The van der Waals surface area contributed by atoms with Gasteiger partial charge in [0.15, 0.2) is 0 Å². The molecule has 4 rings (SSSR count). The van der Waals surface area contributed by atoms with Gasteiger partial charge < -0.3 is 24.2 Å². The van der Waals surface area contributed by atoms with E-state index < -0.39 is 6.10 Å². The molecule has 1 fully saturated rings. The van der Waals surface area contributed by atoms with Crippen molar-refractivity contribution in [2.75, 3.05) is 20.3 Å². The molecule has 0 spiro atoms. The van der Waals surface area contributed by atoms with Crippen LogP contribution in [-0.2, 0) is 6.42 Å². The topological polar surface area (TPSA) is 111 Å². The first-order chi connectivity index (χ1) is 16.0. The van der Waals surface area contributed by atoms with Crippen molar-refractivity contribution < 1.29 is 24.2 Å². The van der Waals surface area contributed by atoms with Crippen LogP contribution in [0.1, 0.15) is 55.3 Å². The quantitative estimate of drug-likeness (QED) is 0.499. The Hall–Kier alpha value is -2.97. The maximum absolute atomic E-state index is 9.62. The van der Waals surface area contributed by atoms with Gasteiger partial charge in [-0.25, -0.2) is 4.98 Å². The first-order valence-corrected chi connectivity index (χ1v) is 11.5. The van der Waals surface area contributed by atoms with Gasteiger partial charge in [-0.2, -0.15) is 4.98 Å². The van der Waals surface area contributed by atoms with Gasteiger partial charge in [0.05, 0.1) is 13.7 Å². The van der Waals surface area contributed by atoms with Crippen LogP contribution >= 0.6 is 0 Å². The summed E-state index contributed by atoms with van der Waals surface area (Å²) < 4.78 is 16.8. The van der Waals surface area contributed by atoms with Crippen molar-refractivity contribution in [3.8, 4) is 34.5 Å². The van der Waals surface area contributed by atoms with Gasteiger partial charge in [-0.05, 0) is 55.5 Å². The fraction of sp³-hybridized carbons (Fsp3) is 0.480. The van der Waals surface area contributed by atoms with Gasteiger partial charge in [0.2, 0.25) is 11.7 Å². The lowest BCUT2D eigenvalue weighted by Gasteiger charge is -2.16. The Morgan fingerprint density at radius 3 is 2.61 bits per heavy atom. The van der Waals surface area contributed by atoms with Crippen LogP contribution in [0.5, 0.6) is 11.6 Å². The first kappa shape index (κ1) is 23.2. The van der Waals surface area contributed by atoms with Gasteiger partial charge in [-0.15, -0.1) is 0 Å². The van der Waals surface area contributed by atoms with E-state index in [1.165, 1.54) is 12.8 Å². The van der Waals surface area contributed by atoms with Gasteiger partial charge in [-0.3, -0.25) is 0 Å². The number of ether oxygens (including phenoxy) is 2. The maximum atomic E-state index is 9.62. The normalized spacial score (nSPS) is 15.1. The molecule has 0 unspecified atom stereocenters. The van der Waals surface area contributed by atoms with E-state index in [0.29, 0.717) is 29.3 Å². The molecule has 0 aliphatic heterocycles. The van der Waals surface area contributed by atoms with Crippen LogP contribution in [0, 0.1) is 6.92 Å². The molecule has 1 atom stereocenters. The molecule has 1 aliphatic carbocycles. The second kappa shape index (κ2) is 10.3. The van der Waals surface area contributed by atoms with E-state index in [4.69, 9.17) is 19.1 Å². The molecule has 8 heteroatoms. The Bertz CT molecular complexity index is 1090. The third-order valence-corrected chi connectivity index (χ3v) is 6.10. The number of rotatable bonds is 9. The number of aliphatic hydroxyl groups excluding tert-OH is 2. The van der Waals surface area contributed by atoms with Crippen LogP contribution in [0.15, 0.2) is 28.8 Å². The second-order valence-corrected chi connectivity index (χ2v) is 8.51. The Morgan fingerprint density at radius 1 is 1.12 bits per heavy atom. The third kappa shape index (κ3) is 5.17. The van der Waals surface area contributed by atoms with E-state index >= 15 is 0 Å². The van der Waals surface area contributed by atoms with Gasteiger partial charge in [0.25, 0.3) is 5.89 Å². The van der Waals surface area contributed by atoms with Gasteiger partial charge >= 0.3 is 0 Å². The summed E-state index contributed by atoms with van der Waals surface area (Å²) in [6.07, 6.45) is 4.54. The van der Waals surface area contributed by atoms with Gasteiger partial charge in [0, 0.05) is 28.8 Å². The van der Waals surface area contributed by atoms with E-state index in [2.05, 4.69) is 15.1 Å². The molecule has 176 valence electrons. The minimum Gasteiger partial charge on any atom is -0.490 e. The largest absolute Gasteiger partial charge is 0.490 e. The molecule has 1 saturated carbocycles. The molecule has 0 radical (unpaired) electrons. The highest BCUT2D eigenvalue weighted by Gasteiger charge is 2.22. The predicted octanol–water partition coefficient (Wildman–Crippen LogP) is 4.07. The fourth-order valence-corrected chi connectivity index (χ4v) is 4.32. The lowest BCUT2D eigenvalue weighted by Crippen LogP contribution is -2.22. The van der Waals surface area contributed by atoms with Crippen LogP contribution in [0.25, 0.3) is 22.8 Å². The zero-order valence-corrected chi connectivity index (χ0v) is 19.4. The number of pyridine rings is 1. The minimum atomic E-state index is -0.917. The number of benzene rings is 1. The Balaban J connectivity index is 1.63. The fourth-order valence-electron chi connectivity index (χ4n) is 4.32. The highest BCUT2D eigenvalue weighted by atomic mass is 16.5. The summed E-state index contributed by atoms with van der Waals surface area (Å²) in [5, 5.41) is 22.9. The molecule has 0 saturated heterocycles. The number of methoxy groups -OCH3 is 1. The lowest BCUT2D eigenvalue weighted by atomic mass is 10.0. The summed E-state index contributed by atoms with van der Waals surface area (Å²) in [5.74, 6) is 2.60. The number of hydrogen-bond donors (Lipinski definition) is 2. The molecular formula is C25H31N3O5. The second-order valence-electron chi connectivity index (χ2n) is 8.51. The van der Waals surface area contributed by atoms with Crippen LogP contribution < -0.4 is 9.47 Å². The van der Waals surface area contributed by atoms with Crippen molar-refractivity contribution >= 4 is 0 Å². The monoisotopic (exact) mass is 453 g/mol. The summed E-state index contributed by atoms with van der Waals surface area (Å²) in [4.78, 5) is 9.30. The van der Waals surface area contributed by atoms with Crippen LogP contribution in [0.3, 0.4) is 0 Å². The lowest BCUT2D eigenvalue weighted by molar-refractivity contribution is 0.0531. The first-order valence-electron chi connectivity index (χ1n) is 11.5.